The lowest BCUT2D eigenvalue weighted by Crippen LogP contribution is -2.57. The lowest BCUT2D eigenvalue weighted by Gasteiger charge is -2.40. The third-order valence-electron chi connectivity index (χ3n) is 5.64. The van der Waals surface area contributed by atoms with Crippen LogP contribution >= 0.6 is 0 Å². The molecule has 2 bridgehead atoms. The zero-order chi connectivity index (χ0) is 20.4. The second-order valence-electron chi connectivity index (χ2n) is 7.40. The Hall–Kier alpha value is -2.73. The molecule has 1 unspecified atom stereocenters. The summed E-state index contributed by atoms with van der Waals surface area (Å²) in [7, 11) is -3.68. The summed E-state index contributed by atoms with van der Waals surface area (Å²) in [6.45, 7) is 2.34. The van der Waals surface area contributed by atoms with Gasteiger partial charge in [0.15, 0.2) is 0 Å². The van der Waals surface area contributed by atoms with Crippen LogP contribution in [0.1, 0.15) is 22.3 Å². The number of nitriles is 1. The first-order valence-electron chi connectivity index (χ1n) is 9.58. The first-order valence-corrected chi connectivity index (χ1v) is 11.1. The number of nitrogens with one attached hydrogen (secondary N) is 1. The van der Waals surface area contributed by atoms with Gasteiger partial charge in [-0.3, -0.25) is 9.69 Å². The number of piperazine rings is 1. The molecular formula is C21H22N4O3S. The highest BCUT2D eigenvalue weighted by molar-refractivity contribution is 7.89. The molecule has 2 aliphatic heterocycles. The van der Waals surface area contributed by atoms with Gasteiger partial charge in [0, 0.05) is 43.8 Å². The first-order chi connectivity index (χ1) is 14.0. The van der Waals surface area contributed by atoms with E-state index in [0.717, 1.165) is 19.5 Å². The van der Waals surface area contributed by atoms with E-state index in [0.29, 0.717) is 17.7 Å². The summed E-state index contributed by atoms with van der Waals surface area (Å²) in [6, 6.07) is 17.1. The van der Waals surface area contributed by atoms with Gasteiger partial charge in [-0.15, -0.1) is 0 Å². The number of benzene rings is 2. The first kappa shape index (κ1) is 19.6. The fourth-order valence-electron chi connectivity index (χ4n) is 4.03. The molecule has 8 heteroatoms. The second-order valence-corrected chi connectivity index (χ2v) is 9.17. The highest BCUT2D eigenvalue weighted by Crippen LogP contribution is 2.26. The number of nitrogens with zero attached hydrogens (tertiary/aromatic N) is 3. The molecule has 150 valence electrons. The summed E-state index contributed by atoms with van der Waals surface area (Å²) >= 11 is 0. The van der Waals surface area contributed by atoms with Crippen molar-refractivity contribution in [3.8, 4) is 6.07 Å². The Bertz CT molecular complexity index is 1030. The topological polar surface area (TPSA) is 93.5 Å². The fourth-order valence-corrected chi connectivity index (χ4v) is 5.11. The fraction of sp³-hybridized carbons (Fsp3) is 0.333. The monoisotopic (exact) mass is 410 g/mol. The summed E-state index contributed by atoms with van der Waals surface area (Å²) in [5.41, 5.74) is 1.07. The molecule has 2 heterocycles. The van der Waals surface area contributed by atoms with Gasteiger partial charge in [-0.25, -0.2) is 13.1 Å². The minimum absolute atomic E-state index is 0.00269. The summed E-state index contributed by atoms with van der Waals surface area (Å²) < 4.78 is 27.9. The average molecular weight is 410 g/mol. The predicted octanol–water partition coefficient (Wildman–Crippen LogP) is 1.44. The molecule has 0 aliphatic carbocycles. The van der Waals surface area contributed by atoms with Gasteiger partial charge in [-0.2, -0.15) is 5.26 Å². The number of carbonyl (C=O) groups is 1. The third-order valence-corrected chi connectivity index (χ3v) is 7.08. The highest BCUT2D eigenvalue weighted by Gasteiger charge is 2.41. The molecule has 2 saturated heterocycles. The SMILES string of the molecule is N#Cc1ccc(S(=O)(=O)NC[C@@H]2CN(C(=O)c3ccccc3)[C@H]3CCN2C3)cc1. The molecule has 2 aliphatic rings. The Kier molecular flexibility index (Phi) is 5.37. The van der Waals surface area contributed by atoms with Gasteiger partial charge in [0.25, 0.3) is 5.91 Å². The molecule has 7 nitrogen and oxygen atoms in total. The Morgan fingerprint density at radius 1 is 1.10 bits per heavy atom. The smallest absolute Gasteiger partial charge is 0.254 e. The summed E-state index contributed by atoms with van der Waals surface area (Å²) in [5.74, 6) is -0.00269. The van der Waals surface area contributed by atoms with E-state index < -0.39 is 10.0 Å². The van der Waals surface area contributed by atoms with Crippen molar-refractivity contribution in [1.29, 1.82) is 5.26 Å². The molecule has 1 amide bonds. The van der Waals surface area contributed by atoms with Crippen molar-refractivity contribution in [3.05, 3.63) is 65.7 Å². The zero-order valence-electron chi connectivity index (χ0n) is 15.9. The number of hydrogen-bond donors (Lipinski definition) is 1. The minimum Gasteiger partial charge on any atom is -0.333 e. The van der Waals surface area contributed by atoms with Crippen molar-refractivity contribution in [2.45, 2.75) is 23.4 Å². The molecule has 2 fully saturated rings. The summed E-state index contributed by atoms with van der Waals surface area (Å²) in [6.07, 6.45) is 0.900. The van der Waals surface area contributed by atoms with Crippen molar-refractivity contribution in [1.82, 2.24) is 14.5 Å². The number of carbonyl (C=O) groups excluding carboxylic acids is 1. The number of rotatable bonds is 5. The Labute approximate surface area is 170 Å². The van der Waals surface area contributed by atoms with E-state index in [4.69, 9.17) is 5.26 Å². The zero-order valence-corrected chi connectivity index (χ0v) is 16.7. The van der Waals surface area contributed by atoms with Crippen molar-refractivity contribution in [3.63, 3.8) is 0 Å². The van der Waals surface area contributed by atoms with Crippen LogP contribution in [0, 0.1) is 11.3 Å². The molecule has 0 spiro atoms. The predicted molar refractivity (Wildman–Crippen MR) is 108 cm³/mol. The van der Waals surface area contributed by atoms with Crippen molar-refractivity contribution in [2.75, 3.05) is 26.2 Å². The van der Waals surface area contributed by atoms with Crippen LogP contribution in [0.2, 0.25) is 0 Å². The summed E-state index contributed by atoms with van der Waals surface area (Å²) in [5, 5.41) is 8.86. The van der Waals surface area contributed by atoms with Crippen molar-refractivity contribution >= 4 is 15.9 Å². The lowest BCUT2D eigenvalue weighted by atomic mass is 10.1. The molecule has 0 aromatic heterocycles. The van der Waals surface area contributed by atoms with Crippen LogP contribution < -0.4 is 4.72 Å². The third kappa shape index (κ3) is 4.03. The van der Waals surface area contributed by atoms with Crippen LogP contribution in [0.5, 0.6) is 0 Å². The largest absolute Gasteiger partial charge is 0.333 e. The van der Waals surface area contributed by atoms with Gasteiger partial charge < -0.3 is 4.90 Å². The molecule has 0 saturated carbocycles. The molecule has 2 aromatic carbocycles. The normalized spacial score (nSPS) is 23.6. The van der Waals surface area contributed by atoms with Gasteiger partial charge in [-0.05, 0) is 42.8 Å². The number of amides is 1. The van der Waals surface area contributed by atoms with Crippen molar-refractivity contribution in [2.24, 2.45) is 0 Å². The van der Waals surface area contributed by atoms with E-state index in [1.165, 1.54) is 24.3 Å². The lowest BCUT2D eigenvalue weighted by molar-refractivity contribution is 0.0503. The van der Waals surface area contributed by atoms with Crippen LogP contribution in [-0.4, -0.2) is 62.4 Å². The number of fused-ring (bicyclic) bond motifs is 2. The number of sulfonamides is 1. The summed E-state index contributed by atoms with van der Waals surface area (Å²) in [4.78, 5) is 17.2. The molecular weight excluding hydrogens is 388 g/mol. The van der Waals surface area contributed by atoms with Crippen LogP contribution in [0.4, 0.5) is 0 Å². The molecule has 29 heavy (non-hydrogen) atoms. The van der Waals surface area contributed by atoms with E-state index in [1.807, 2.05) is 41.3 Å². The Morgan fingerprint density at radius 2 is 1.83 bits per heavy atom. The van der Waals surface area contributed by atoms with Gasteiger partial charge in [-0.1, -0.05) is 18.2 Å². The van der Waals surface area contributed by atoms with E-state index in [2.05, 4.69) is 9.62 Å². The van der Waals surface area contributed by atoms with Crippen LogP contribution in [-0.2, 0) is 10.0 Å². The minimum atomic E-state index is -3.68. The quantitative estimate of drug-likeness (QED) is 0.805. The average Bonchev–Trinajstić information content (AvgIpc) is 3.17. The van der Waals surface area contributed by atoms with E-state index >= 15 is 0 Å². The second kappa shape index (κ2) is 7.95. The molecule has 0 radical (unpaired) electrons. The molecule has 3 atom stereocenters. The molecule has 1 N–H and O–H groups in total. The highest BCUT2D eigenvalue weighted by atomic mass is 32.2. The Morgan fingerprint density at radius 3 is 2.52 bits per heavy atom. The molecule has 4 rings (SSSR count). The maximum Gasteiger partial charge on any atom is 0.254 e. The van der Waals surface area contributed by atoms with Crippen molar-refractivity contribution < 1.29 is 13.2 Å². The van der Waals surface area contributed by atoms with Crippen LogP contribution in [0.25, 0.3) is 0 Å². The van der Waals surface area contributed by atoms with Crippen LogP contribution in [0.15, 0.2) is 59.5 Å². The number of hydrogen-bond acceptors (Lipinski definition) is 5. The van der Waals surface area contributed by atoms with Gasteiger partial charge >= 0.3 is 0 Å². The van der Waals surface area contributed by atoms with Gasteiger partial charge in [0.1, 0.15) is 0 Å². The Balaban J connectivity index is 1.45. The molecule has 2 aromatic rings. The van der Waals surface area contributed by atoms with E-state index in [1.54, 1.807) is 0 Å². The maximum absolute atomic E-state index is 13.0. The maximum atomic E-state index is 13.0. The standard InChI is InChI=1S/C21H22N4O3S/c22-12-16-6-8-20(9-7-16)29(27,28)23-13-19-15-25(18-10-11-24(19)14-18)21(26)17-4-2-1-3-5-17/h1-9,18-19,23H,10-11,13-15H2/t18-,19+/m0/s1. The van der Waals surface area contributed by atoms with Gasteiger partial charge in [0.05, 0.1) is 16.5 Å². The van der Waals surface area contributed by atoms with Gasteiger partial charge in [0.2, 0.25) is 10.0 Å². The van der Waals surface area contributed by atoms with E-state index in [9.17, 15) is 13.2 Å². The van der Waals surface area contributed by atoms with E-state index in [-0.39, 0.29) is 29.4 Å². The van der Waals surface area contributed by atoms with Crippen LogP contribution in [0.3, 0.4) is 0 Å².